The first-order chi connectivity index (χ1) is 28.2. The average molecular weight is 733 g/mol. The summed E-state index contributed by atoms with van der Waals surface area (Å²) in [6, 6.07) is 57.5. The third kappa shape index (κ3) is 4.47. The highest BCUT2D eigenvalue weighted by molar-refractivity contribution is 6.15. The quantitative estimate of drug-likeness (QED) is 0.181. The average Bonchev–Trinajstić information content (AvgIpc) is 3.75. The fraction of sp³-hybridized carbons (Fsp3) is 0.189. The topological polar surface area (TPSA) is 43.6 Å². The zero-order valence-corrected chi connectivity index (χ0v) is 31.6. The van der Waals surface area contributed by atoms with Gasteiger partial charge in [0.1, 0.15) is 0 Å². The van der Waals surface area contributed by atoms with E-state index in [0.29, 0.717) is 23.5 Å². The lowest BCUT2D eigenvalue weighted by Crippen LogP contribution is -2.55. The third-order valence-corrected chi connectivity index (χ3v) is 14.4. The molecule has 0 amide bonds. The second-order valence-electron chi connectivity index (χ2n) is 17.2. The zero-order chi connectivity index (χ0) is 37.2. The highest BCUT2D eigenvalue weighted by Gasteiger charge is 2.61. The summed E-state index contributed by atoms with van der Waals surface area (Å²) in [7, 11) is 0. The van der Waals surface area contributed by atoms with Crippen molar-refractivity contribution >= 4 is 32.6 Å². The van der Waals surface area contributed by atoms with Crippen molar-refractivity contribution in [3.05, 3.63) is 169 Å². The summed E-state index contributed by atoms with van der Waals surface area (Å²) in [5.41, 5.74) is 12.4. The molecular weight excluding hydrogens is 693 g/mol. The molecule has 0 saturated heterocycles. The molecule has 9 aromatic rings. The van der Waals surface area contributed by atoms with Gasteiger partial charge in [-0.3, -0.25) is 0 Å². The van der Waals surface area contributed by atoms with Crippen LogP contribution in [0.2, 0.25) is 0 Å². The molecule has 272 valence electrons. The molecule has 0 radical (unpaired) electrons. The smallest absolute Gasteiger partial charge is 0.164 e. The maximum Gasteiger partial charge on any atom is 0.164 e. The van der Waals surface area contributed by atoms with Gasteiger partial charge in [0, 0.05) is 38.6 Å². The van der Waals surface area contributed by atoms with Crippen LogP contribution in [-0.2, 0) is 5.41 Å². The summed E-state index contributed by atoms with van der Waals surface area (Å²) in [6.45, 7) is 0. The van der Waals surface area contributed by atoms with E-state index in [1.807, 2.05) is 0 Å². The van der Waals surface area contributed by atoms with Crippen LogP contribution in [0.3, 0.4) is 0 Å². The molecule has 0 atom stereocenters. The van der Waals surface area contributed by atoms with Crippen molar-refractivity contribution in [2.24, 2.45) is 23.7 Å². The van der Waals surface area contributed by atoms with Crippen LogP contribution < -0.4 is 0 Å². The molecule has 0 aliphatic heterocycles. The number of benzene rings is 7. The molecule has 4 nitrogen and oxygen atoms in total. The summed E-state index contributed by atoms with van der Waals surface area (Å²) >= 11 is 0. The van der Waals surface area contributed by atoms with Gasteiger partial charge in [-0.25, -0.2) is 15.0 Å². The molecule has 7 aromatic carbocycles. The van der Waals surface area contributed by atoms with Gasteiger partial charge in [-0.05, 0) is 131 Å². The van der Waals surface area contributed by atoms with Crippen LogP contribution in [0.25, 0.3) is 83.6 Å². The van der Waals surface area contributed by atoms with Crippen LogP contribution in [0.1, 0.15) is 43.2 Å². The normalized spacial score (nSPS) is 22.8. The lowest BCUT2D eigenvalue weighted by molar-refractivity contribution is -0.0398. The number of fused-ring (bicyclic) bond motifs is 7. The van der Waals surface area contributed by atoms with Crippen molar-refractivity contribution in [2.75, 3.05) is 0 Å². The van der Waals surface area contributed by atoms with Gasteiger partial charge in [0.15, 0.2) is 17.5 Å². The SMILES string of the molecule is c1ccc(-c2nc(-c3ccc4c(c3)C3(c5cc6ccccc6cc5-4)C4CC5CC(C4)CC3C5)nc(-c3cccc4c3c3ccccc3n4-c3ccccc3)n2)cc1. The first-order valence-electron chi connectivity index (χ1n) is 20.8. The predicted molar refractivity (Wildman–Crippen MR) is 231 cm³/mol. The molecule has 0 N–H and O–H groups in total. The summed E-state index contributed by atoms with van der Waals surface area (Å²) < 4.78 is 2.36. The van der Waals surface area contributed by atoms with Crippen LogP contribution in [0, 0.1) is 23.7 Å². The second-order valence-corrected chi connectivity index (χ2v) is 17.2. The Bertz CT molecular complexity index is 3060. The Morgan fingerprint density at radius 2 is 1.05 bits per heavy atom. The lowest BCUT2D eigenvalue weighted by Gasteiger charge is -2.61. The van der Waals surface area contributed by atoms with Crippen molar-refractivity contribution in [2.45, 2.75) is 37.5 Å². The van der Waals surface area contributed by atoms with Gasteiger partial charge in [0.2, 0.25) is 0 Å². The Hall–Kier alpha value is -6.39. The highest BCUT2D eigenvalue weighted by atomic mass is 15.0. The second kappa shape index (κ2) is 11.8. The van der Waals surface area contributed by atoms with Gasteiger partial charge >= 0.3 is 0 Å². The van der Waals surface area contributed by atoms with Crippen molar-refractivity contribution in [1.29, 1.82) is 0 Å². The minimum atomic E-state index is 0.0289. The van der Waals surface area contributed by atoms with Gasteiger partial charge < -0.3 is 4.57 Å². The largest absolute Gasteiger partial charge is 0.309 e. The van der Waals surface area contributed by atoms with E-state index in [0.717, 1.165) is 56.5 Å². The number of rotatable bonds is 4. The summed E-state index contributed by atoms with van der Waals surface area (Å²) in [6.07, 6.45) is 6.82. The summed E-state index contributed by atoms with van der Waals surface area (Å²) in [4.78, 5) is 16.0. The van der Waals surface area contributed by atoms with Gasteiger partial charge in [-0.1, -0.05) is 115 Å². The van der Waals surface area contributed by atoms with Crippen molar-refractivity contribution in [3.8, 4) is 51.0 Å². The Kier molecular flexibility index (Phi) is 6.59. The van der Waals surface area contributed by atoms with E-state index < -0.39 is 0 Å². The minimum absolute atomic E-state index is 0.0289. The first kappa shape index (κ1) is 31.8. The molecule has 0 unspecified atom stereocenters. The molecule has 1 spiro atoms. The molecule has 2 aromatic heterocycles. The molecule has 5 aliphatic carbocycles. The number of aromatic nitrogens is 4. The standard InChI is InChI=1S/C53H40N4/c1-3-12-34(13-4-1)50-54-51(56-52(55-50)43-19-11-21-48-49(43)42-18-9-10-20-47(42)57(48)40-16-5-2-6-17-40)37-22-23-41-44-29-35-14-7-8-15-36(35)30-46(44)53(45(41)31-37)38-25-32-24-33(27-38)28-39(53)26-32/h1-23,29-33,38-39H,24-28H2. The number of hydrogen-bond donors (Lipinski definition) is 0. The van der Waals surface area contributed by atoms with E-state index in [9.17, 15) is 0 Å². The molecule has 57 heavy (non-hydrogen) atoms. The summed E-state index contributed by atoms with van der Waals surface area (Å²) in [5.74, 6) is 5.20. The van der Waals surface area contributed by atoms with Crippen LogP contribution in [0.15, 0.2) is 158 Å². The van der Waals surface area contributed by atoms with Gasteiger partial charge in [-0.2, -0.15) is 0 Å². The summed E-state index contributed by atoms with van der Waals surface area (Å²) in [5, 5.41) is 5.01. The van der Waals surface area contributed by atoms with Crippen LogP contribution in [0.5, 0.6) is 0 Å². The van der Waals surface area contributed by atoms with E-state index in [2.05, 4.69) is 162 Å². The number of para-hydroxylation sites is 2. The van der Waals surface area contributed by atoms with Crippen molar-refractivity contribution in [3.63, 3.8) is 0 Å². The Morgan fingerprint density at radius 1 is 0.439 bits per heavy atom. The third-order valence-electron chi connectivity index (χ3n) is 14.4. The molecule has 4 fully saturated rings. The van der Waals surface area contributed by atoms with E-state index in [1.165, 1.54) is 65.0 Å². The maximum absolute atomic E-state index is 5.45. The van der Waals surface area contributed by atoms with E-state index in [4.69, 9.17) is 15.0 Å². The first-order valence-corrected chi connectivity index (χ1v) is 20.8. The molecule has 4 bridgehead atoms. The van der Waals surface area contributed by atoms with E-state index >= 15 is 0 Å². The predicted octanol–water partition coefficient (Wildman–Crippen LogP) is 12.8. The Morgan fingerprint density at radius 3 is 1.82 bits per heavy atom. The van der Waals surface area contributed by atoms with Gasteiger partial charge in [-0.15, -0.1) is 0 Å². The molecule has 2 heterocycles. The maximum atomic E-state index is 5.45. The van der Waals surface area contributed by atoms with Crippen molar-refractivity contribution < 1.29 is 0 Å². The van der Waals surface area contributed by atoms with Gasteiger partial charge in [0.25, 0.3) is 0 Å². The zero-order valence-electron chi connectivity index (χ0n) is 31.6. The number of hydrogen-bond acceptors (Lipinski definition) is 3. The van der Waals surface area contributed by atoms with Crippen LogP contribution in [0.4, 0.5) is 0 Å². The fourth-order valence-corrected chi connectivity index (χ4v) is 12.4. The lowest BCUT2D eigenvalue weighted by atomic mass is 9.43. The van der Waals surface area contributed by atoms with Crippen molar-refractivity contribution in [1.82, 2.24) is 19.5 Å². The molecule has 4 heteroatoms. The number of nitrogens with zero attached hydrogens (tertiary/aromatic N) is 4. The van der Waals surface area contributed by atoms with E-state index in [-0.39, 0.29) is 5.41 Å². The Balaban J connectivity index is 1.05. The molecule has 14 rings (SSSR count). The highest BCUT2D eigenvalue weighted by Crippen LogP contribution is 2.69. The monoisotopic (exact) mass is 732 g/mol. The fourth-order valence-electron chi connectivity index (χ4n) is 12.4. The molecule has 4 saturated carbocycles. The van der Waals surface area contributed by atoms with Crippen LogP contribution in [-0.4, -0.2) is 19.5 Å². The Labute approximate surface area is 331 Å². The minimum Gasteiger partial charge on any atom is -0.309 e. The molecular formula is C53H40N4. The van der Waals surface area contributed by atoms with E-state index in [1.54, 1.807) is 5.56 Å². The van der Waals surface area contributed by atoms with Crippen LogP contribution >= 0.6 is 0 Å². The van der Waals surface area contributed by atoms with Gasteiger partial charge in [0.05, 0.1) is 11.0 Å². The molecule has 5 aliphatic rings.